The molecule has 0 N–H and O–H groups in total. The first-order valence-electron chi connectivity index (χ1n) is 9.24. The first-order valence-corrected chi connectivity index (χ1v) is 9.24. The lowest BCUT2D eigenvalue weighted by atomic mass is 9.90. The highest BCUT2D eigenvalue weighted by atomic mass is 16.5. The monoisotopic (exact) mass is 337 g/mol. The van der Waals surface area contributed by atoms with Gasteiger partial charge in [-0.15, -0.1) is 0 Å². The SMILES string of the molecule is COc1ccc(C2CN(C)CC2C)cc1OC1Cc2ccccc2C1. The fourth-order valence-electron chi connectivity index (χ4n) is 4.44. The lowest BCUT2D eigenvalue weighted by Crippen LogP contribution is -2.17. The van der Waals surface area contributed by atoms with E-state index in [1.165, 1.54) is 16.7 Å². The second-order valence-electron chi connectivity index (χ2n) is 7.63. The smallest absolute Gasteiger partial charge is 0.161 e. The summed E-state index contributed by atoms with van der Waals surface area (Å²) < 4.78 is 12.0. The van der Waals surface area contributed by atoms with E-state index in [2.05, 4.69) is 61.3 Å². The summed E-state index contributed by atoms with van der Waals surface area (Å²) in [5, 5.41) is 0. The molecule has 1 fully saturated rings. The summed E-state index contributed by atoms with van der Waals surface area (Å²) in [6, 6.07) is 15.1. The van der Waals surface area contributed by atoms with Gasteiger partial charge in [0.15, 0.2) is 11.5 Å². The van der Waals surface area contributed by atoms with Crippen LogP contribution in [0, 0.1) is 5.92 Å². The van der Waals surface area contributed by atoms with Crippen LogP contribution >= 0.6 is 0 Å². The number of benzene rings is 2. The van der Waals surface area contributed by atoms with Gasteiger partial charge in [-0.25, -0.2) is 0 Å². The van der Waals surface area contributed by atoms with Crippen molar-refractivity contribution in [3.63, 3.8) is 0 Å². The quantitative estimate of drug-likeness (QED) is 0.844. The summed E-state index contributed by atoms with van der Waals surface area (Å²) in [7, 11) is 3.92. The lowest BCUT2D eigenvalue weighted by Gasteiger charge is -2.20. The average molecular weight is 337 g/mol. The molecule has 3 nitrogen and oxygen atoms in total. The second-order valence-corrected chi connectivity index (χ2v) is 7.63. The van der Waals surface area contributed by atoms with Gasteiger partial charge in [-0.1, -0.05) is 37.3 Å². The Bertz CT molecular complexity index is 732. The van der Waals surface area contributed by atoms with Gasteiger partial charge in [0.2, 0.25) is 0 Å². The Morgan fingerprint density at radius 1 is 0.960 bits per heavy atom. The van der Waals surface area contributed by atoms with E-state index in [-0.39, 0.29) is 6.10 Å². The van der Waals surface area contributed by atoms with Crippen LogP contribution in [-0.2, 0) is 12.8 Å². The zero-order chi connectivity index (χ0) is 17.4. The summed E-state index contributed by atoms with van der Waals surface area (Å²) in [4.78, 5) is 2.41. The van der Waals surface area contributed by atoms with Crippen molar-refractivity contribution in [2.75, 3.05) is 27.2 Å². The van der Waals surface area contributed by atoms with Crippen LogP contribution in [-0.4, -0.2) is 38.3 Å². The minimum atomic E-state index is 0.199. The maximum absolute atomic E-state index is 6.40. The highest BCUT2D eigenvalue weighted by Gasteiger charge is 2.30. The number of methoxy groups -OCH3 is 1. The van der Waals surface area contributed by atoms with Crippen molar-refractivity contribution in [1.82, 2.24) is 4.90 Å². The number of rotatable bonds is 4. The van der Waals surface area contributed by atoms with E-state index in [1.54, 1.807) is 7.11 Å². The van der Waals surface area contributed by atoms with Crippen LogP contribution in [0.4, 0.5) is 0 Å². The molecule has 2 aromatic carbocycles. The molecule has 4 rings (SSSR count). The minimum absolute atomic E-state index is 0.199. The van der Waals surface area contributed by atoms with Crippen molar-refractivity contribution in [3.8, 4) is 11.5 Å². The number of fused-ring (bicyclic) bond motifs is 1. The summed E-state index contributed by atoms with van der Waals surface area (Å²) in [5.41, 5.74) is 4.19. The highest BCUT2D eigenvalue weighted by Crippen LogP contribution is 2.38. The van der Waals surface area contributed by atoms with E-state index >= 15 is 0 Å². The Balaban J connectivity index is 1.55. The summed E-state index contributed by atoms with van der Waals surface area (Å²) in [6.07, 6.45) is 2.16. The molecule has 1 aliphatic heterocycles. The van der Waals surface area contributed by atoms with E-state index < -0.39 is 0 Å². The molecular formula is C22H27NO2. The molecule has 2 unspecified atom stereocenters. The van der Waals surface area contributed by atoms with Crippen molar-refractivity contribution >= 4 is 0 Å². The van der Waals surface area contributed by atoms with Crippen molar-refractivity contribution < 1.29 is 9.47 Å². The number of hydrogen-bond acceptors (Lipinski definition) is 3. The molecule has 0 saturated carbocycles. The zero-order valence-electron chi connectivity index (χ0n) is 15.4. The van der Waals surface area contributed by atoms with E-state index in [1.807, 2.05) is 0 Å². The Kier molecular flexibility index (Phi) is 4.43. The molecule has 2 aromatic rings. The van der Waals surface area contributed by atoms with Crippen molar-refractivity contribution in [2.24, 2.45) is 5.92 Å². The number of likely N-dealkylation sites (tertiary alicyclic amines) is 1. The van der Waals surface area contributed by atoms with Crippen LogP contribution in [0.15, 0.2) is 42.5 Å². The molecule has 1 aliphatic carbocycles. The van der Waals surface area contributed by atoms with E-state index in [4.69, 9.17) is 9.47 Å². The summed E-state index contributed by atoms with van der Waals surface area (Å²) in [6.45, 7) is 4.61. The number of hydrogen-bond donors (Lipinski definition) is 0. The maximum atomic E-state index is 6.40. The fraction of sp³-hybridized carbons (Fsp3) is 0.455. The van der Waals surface area contributed by atoms with Crippen molar-refractivity contribution in [2.45, 2.75) is 31.8 Å². The Labute approximate surface area is 150 Å². The van der Waals surface area contributed by atoms with E-state index in [9.17, 15) is 0 Å². The molecule has 132 valence electrons. The standard InChI is InChI=1S/C22H27NO2/c1-15-13-23(2)14-20(15)18-8-9-21(24-3)22(12-18)25-19-10-16-6-4-5-7-17(16)11-19/h4-9,12,15,19-20H,10-11,13-14H2,1-3H3. The second kappa shape index (κ2) is 6.72. The van der Waals surface area contributed by atoms with Gasteiger partial charge >= 0.3 is 0 Å². The van der Waals surface area contributed by atoms with Crippen LogP contribution in [0.25, 0.3) is 0 Å². The molecule has 0 radical (unpaired) electrons. The topological polar surface area (TPSA) is 21.7 Å². The van der Waals surface area contributed by atoms with Crippen molar-refractivity contribution in [3.05, 3.63) is 59.2 Å². The van der Waals surface area contributed by atoms with Gasteiger partial charge in [0.1, 0.15) is 6.10 Å². The van der Waals surface area contributed by atoms with E-state index in [0.717, 1.165) is 37.4 Å². The summed E-state index contributed by atoms with van der Waals surface area (Å²) in [5.74, 6) is 2.96. The van der Waals surface area contributed by atoms with Crippen LogP contribution in [0.1, 0.15) is 29.5 Å². The Morgan fingerprint density at radius 3 is 2.28 bits per heavy atom. The Hall–Kier alpha value is -2.00. The van der Waals surface area contributed by atoms with Gasteiger partial charge in [0.25, 0.3) is 0 Å². The third-order valence-corrected chi connectivity index (χ3v) is 5.72. The summed E-state index contributed by atoms with van der Waals surface area (Å²) >= 11 is 0. The van der Waals surface area contributed by atoms with Crippen LogP contribution in [0.3, 0.4) is 0 Å². The van der Waals surface area contributed by atoms with Crippen LogP contribution < -0.4 is 9.47 Å². The van der Waals surface area contributed by atoms with Gasteiger partial charge in [0.05, 0.1) is 7.11 Å². The molecule has 2 aliphatic rings. The largest absolute Gasteiger partial charge is 0.493 e. The van der Waals surface area contributed by atoms with E-state index in [0.29, 0.717) is 11.8 Å². The molecule has 0 aromatic heterocycles. The van der Waals surface area contributed by atoms with Crippen LogP contribution in [0.5, 0.6) is 11.5 Å². The molecule has 2 atom stereocenters. The van der Waals surface area contributed by atoms with Gasteiger partial charge in [-0.2, -0.15) is 0 Å². The Morgan fingerprint density at radius 2 is 1.68 bits per heavy atom. The van der Waals surface area contributed by atoms with Gasteiger partial charge in [0, 0.05) is 31.8 Å². The molecule has 25 heavy (non-hydrogen) atoms. The molecular weight excluding hydrogens is 310 g/mol. The number of nitrogens with zero attached hydrogens (tertiary/aromatic N) is 1. The molecule has 0 bridgehead atoms. The first kappa shape index (κ1) is 16.5. The predicted molar refractivity (Wildman–Crippen MR) is 101 cm³/mol. The highest BCUT2D eigenvalue weighted by molar-refractivity contribution is 5.45. The zero-order valence-corrected chi connectivity index (χ0v) is 15.4. The van der Waals surface area contributed by atoms with Gasteiger partial charge in [-0.3, -0.25) is 0 Å². The van der Waals surface area contributed by atoms with Crippen molar-refractivity contribution in [1.29, 1.82) is 0 Å². The van der Waals surface area contributed by atoms with Gasteiger partial charge in [-0.05, 0) is 41.8 Å². The number of ether oxygens (including phenoxy) is 2. The fourth-order valence-corrected chi connectivity index (χ4v) is 4.44. The predicted octanol–water partition coefficient (Wildman–Crippen LogP) is 3.91. The lowest BCUT2D eigenvalue weighted by molar-refractivity contribution is 0.204. The maximum Gasteiger partial charge on any atom is 0.161 e. The molecule has 1 saturated heterocycles. The molecule has 0 spiro atoms. The molecule has 3 heteroatoms. The molecule has 1 heterocycles. The normalized spacial score (nSPS) is 23.6. The average Bonchev–Trinajstić information content (AvgIpc) is 3.16. The third-order valence-electron chi connectivity index (χ3n) is 5.72. The molecule has 0 amide bonds. The van der Waals surface area contributed by atoms with Crippen LogP contribution in [0.2, 0.25) is 0 Å². The van der Waals surface area contributed by atoms with Gasteiger partial charge < -0.3 is 14.4 Å². The third kappa shape index (κ3) is 3.25. The number of likely N-dealkylation sites (N-methyl/N-ethyl adjacent to an activating group) is 1. The first-order chi connectivity index (χ1) is 12.1. The minimum Gasteiger partial charge on any atom is -0.493 e.